The molecule has 0 aliphatic carbocycles. The second kappa shape index (κ2) is 6.57. The molecule has 17 heavy (non-hydrogen) atoms. The normalized spacial score (nSPS) is 40.2. The fourth-order valence-electron chi connectivity index (χ4n) is 1.46. The van der Waals surface area contributed by atoms with Gasteiger partial charge in [-0.25, -0.2) is 0 Å². The molecule has 0 spiro atoms. The summed E-state index contributed by atoms with van der Waals surface area (Å²) in [7, 11) is 0. The summed E-state index contributed by atoms with van der Waals surface area (Å²) in [4.78, 5) is 0. The summed E-state index contributed by atoms with van der Waals surface area (Å²) in [5.41, 5.74) is 0. The third kappa shape index (κ3) is 3.57. The van der Waals surface area contributed by atoms with E-state index >= 15 is 0 Å². The lowest BCUT2D eigenvalue weighted by Crippen LogP contribution is -2.59. The van der Waals surface area contributed by atoms with Gasteiger partial charge in [0.2, 0.25) is 0 Å². The van der Waals surface area contributed by atoms with Gasteiger partial charge in [0.15, 0.2) is 6.29 Å². The Hall–Kier alpha value is -0.320. The van der Waals surface area contributed by atoms with Crippen LogP contribution in [0.2, 0.25) is 0 Å². The lowest BCUT2D eigenvalue weighted by Gasteiger charge is -2.39. The highest BCUT2D eigenvalue weighted by molar-refractivity contribution is 4.88. The lowest BCUT2D eigenvalue weighted by molar-refractivity contribution is -0.304. The van der Waals surface area contributed by atoms with E-state index in [9.17, 15) is 15.3 Å². The summed E-state index contributed by atoms with van der Waals surface area (Å²) in [6, 6.07) is 0. The summed E-state index contributed by atoms with van der Waals surface area (Å²) >= 11 is 0. The van der Waals surface area contributed by atoms with Crippen LogP contribution in [0.3, 0.4) is 0 Å². The molecule has 1 fully saturated rings. The van der Waals surface area contributed by atoms with Crippen LogP contribution in [-0.2, 0) is 9.47 Å². The van der Waals surface area contributed by atoms with Gasteiger partial charge in [-0.15, -0.1) is 0 Å². The molecule has 0 unspecified atom stereocenters. The van der Waals surface area contributed by atoms with Gasteiger partial charge in [0.25, 0.3) is 0 Å². The van der Waals surface area contributed by atoms with Gasteiger partial charge in [-0.2, -0.15) is 0 Å². The van der Waals surface area contributed by atoms with Gasteiger partial charge in [0.05, 0.1) is 19.8 Å². The van der Waals surface area contributed by atoms with Crippen molar-refractivity contribution in [3.63, 3.8) is 0 Å². The van der Waals surface area contributed by atoms with Crippen LogP contribution in [0.1, 0.15) is 0 Å². The first-order valence-electron chi connectivity index (χ1n) is 5.22. The van der Waals surface area contributed by atoms with E-state index in [0.717, 1.165) is 0 Å². The van der Waals surface area contributed by atoms with Crippen molar-refractivity contribution < 1.29 is 40.1 Å². The molecule has 1 rings (SSSR count). The third-order valence-electron chi connectivity index (χ3n) is 2.51. The zero-order valence-corrected chi connectivity index (χ0v) is 9.09. The number of hydrogen-bond acceptors (Lipinski definition) is 8. The molecule has 6 atom stereocenters. The van der Waals surface area contributed by atoms with Gasteiger partial charge in [-0.1, -0.05) is 0 Å². The van der Waals surface area contributed by atoms with Crippen molar-refractivity contribution in [2.75, 3.05) is 19.8 Å². The van der Waals surface area contributed by atoms with Gasteiger partial charge in [0.1, 0.15) is 30.5 Å². The van der Waals surface area contributed by atoms with Crippen LogP contribution in [0.4, 0.5) is 0 Å². The minimum atomic E-state index is -1.52. The summed E-state index contributed by atoms with van der Waals surface area (Å²) in [6.45, 7) is -1.37. The SMILES string of the molecule is OC[C@@H](O)CO[C@@H]1O[C@H](CO)[C@@H](O)[C@H](O)[C@@H]1O. The summed E-state index contributed by atoms with van der Waals surface area (Å²) in [5.74, 6) is 0. The maximum Gasteiger partial charge on any atom is 0.186 e. The lowest BCUT2D eigenvalue weighted by atomic mass is 9.99. The van der Waals surface area contributed by atoms with E-state index < -0.39 is 50.0 Å². The fourth-order valence-corrected chi connectivity index (χ4v) is 1.46. The highest BCUT2D eigenvalue weighted by atomic mass is 16.7. The zero-order chi connectivity index (χ0) is 13.0. The van der Waals surface area contributed by atoms with E-state index in [0.29, 0.717) is 0 Å². The highest BCUT2D eigenvalue weighted by Crippen LogP contribution is 2.21. The monoisotopic (exact) mass is 254 g/mol. The van der Waals surface area contributed by atoms with Crippen LogP contribution >= 0.6 is 0 Å². The number of rotatable bonds is 5. The predicted octanol–water partition coefficient (Wildman–Crippen LogP) is -3.84. The first kappa shape index (κ1) is 14.7. The second-order valence-corrected chi connectivity index (χ2v) is 3.87. The van der Waals surface area contributed by atoms with Crippen molar-refractivity contribution in [1.29, 1.82) is 0 Å². The molecule has 0 aromatic heterocycles. The van der Waals surface area contributed by atoms with Crippen molar-refractivity contribution in [2.45, 2.75) is 36.8 Å². The summed E-state index contributed by atoms with van der Waals surface area (Å²) in [6.07, 6.45) is -7.94. The molecule has 0 radical (unpaired) electrons. The van der Waals surface area contributed by atoms with Crippen molar-refractivity contribution in [2.24, 2.45) is 0 Å². The van der Waals surface area contributed by atoms with E-state index in [4.69, 9.17) is 24.8 Å². The molecule has 0 saturated carbocycles. The van der Waals surface area contributed by atoms with Crippen LogP contribution in [0.5, 0.6) is 0 Å². The van der Waals surface area contributed by atoms with Gasteiger partial charge in [-0.3, -0.25) is 0 Å². The van der Waals surface area contributed by atoms with Crippen molar-refractivity contribution in [3.05, 3.63) is 0 Å². The molecule has 0 aromatic rings. The van der Waals surface area contributed by atoms with Crippen LogP contribution in [-0.4, -0.2) is 87.3 Å². The number of hydrogen-bond donors (Lipinski definition) is 6. The van der Waals surface area contributed by atoms with Crippen LogP contribution < -0.4 is 0 Å². The molecular formula is C9H18O8. The maximum absolute atomic E-state index is 9.52. The number of ether oxygens (including phenoxy) is 2. The first-order valence-corrected chi connectivity index (χ1v) is 5.22. The Morgan fingerprint density at radius 3 is 2.24 bits per heavy atom. The van der Waals surface area contributed by atoms with Crippen LogP contribution in [0.15, 0.2) is 0 Å². The van der Waals surface area contributed by atoms with Crippen molar-refractivity contribution in [3.8, 4) is 0 Å². The standard InChI is InChI=1S/C9H18O8/c10-1-4(12)3-16-9-8(15)7(14)6(13)5(2-11)17-9/h4-15H,1-3H2/t4-,5-,6-,7+,8+,9-/m1/s1. The molecule has 0 amide bonds. The Morgan fingerprint density at radius 2 is 1.71 bits per heavy atom. The molecule has 1 heterocycles. The summed E-state index contributed by atoms with van der Waals surface area (Å²) in [5, 5.41) is 54.9. The van der Waals surface area contributed by atoms with Crippen LogP contribution in [0, 0.1) is 0 Å². The largest absolute Gasteiger partial charge is 0.394 e. The van der Waals surface area contributed by atoms with Gasteiger partial charge in [-0.05, 0) is 0 Å². The molecule has 0 bridgehead atoms. The van der Waals surface area contributed by atoms with Gasteiger partial charge < -0.3 is 40.1 Å². The van der Waals surface area contributed by atoms with Crippen LogP contribution in [0.25, 0.3) is 0 Å². The topological polar surface area (TPSA) is 140 Å². The molecule has 1 aliphatic heterocycles. The highest BCUT2D eigenvalue weighted by Gasteiger charge is 2.44. The minimum Gasteiger partial charge on any atom is -0.394 e. The molecule has 6 N–H and O–H groups in total. The molecular weight excluding hydrogens is 236 g/mol. The average Bonchev–Trinajstić information content (AvgIpc) is 2.34. The Morgan fingerprint density at radius 1 is 1.06 bits per heavy atom. The van der Waals surface area contributed by atoms with E-state index in [1.165, 1.54) is 0 Å². The quantitative estimate of drug-likeness (QED) is 0.293. The Balaban J connectivity index is 2.53. The maximum atomic E-state index is 9.52. The molecule has 8 nitrogen and oxygen atoms in total. The van der Waals surface area contributed by atoms with Crippen molar-refractivity contribution >= 4 is 0 Å². The fraction of sp³-hybridized carbons (Fsp3) is 1.00. The first-order chi connectivity index (χ1) is 8.01. The molecule has 8 heteroatoms. The van der Waals surface area contributed by atoms with E-state index in [-0.39, 0.29) is 6.61 Å². The third-order valence-corrected chi connectivity index (χ3v) is 2.51. The zero-order valence-electron chi connectivity index (χ0n) is 9.09. The minimum absolute atomic E-state index is 0.306. The van der Waals surface area contributed by atoms with Crippen molar-refractivity contribution in [1.82, 2.24) is 0 Å². The molecule has 0 aromatic carbocycles. The molecule has 102 valence electrons. The van der Waals surface area contributed by atoms with Gasteiger partial charge >= 0.3 is 0 Å². The predicted molar refractivity (Wildman–Crippen MR) is 52.8 cm³/mol. The van der Waals surface area contributed by atoms with E-state index in [2.05, 4.69) is 0 Å². The molecule has 1 saturated heterocycles. The Bertz CT molecular complexity index is 223. The second-order valence-electron chi connectivity index (χ2n) is 3.87. The Kier molecular flexibility index (Phi) is 5.70. The Labute approximate surface area is 97.6 Å². The molecule has 1 aliphatic rings. The van der Waals surface area contributed by atoms with E-state index in [1.807, 2.05) is 0 Å². The smallest absolute Gasteiger partial charge is 0.186 e. The van der Waals surface area contributed by atoms with E-state index in [1.54, 1.807) is 0 Å². The average molecular weight is 254 g/mol. The van der Waals surface area contributed by atoms with Gasteiger partial charge in [0, 0.05) is 0 Å². The number of aliphatic hydroxyl groups excluding tert-OH is 6. The number of aliphatic hydroxyl groups is 6. The summed E-state index contributed by atoms with van der Waals surface area (Å²) < 4.78 is 9.93.